The van der Waals surface area contributed by atoms with Crippen molar-refractivity contribution in [1.29, 1.82) is 0 Å². The lowest BCUT2D eigenvalue weighted by Gasteiger charge is -2.29. The molecule has 1 amide bonds. The van der Waals surface area contributed by atoms with Gasteiger partial charge in [0, 0.05) is 19.2 Å². The maximum atomic E-state index is 13.2. The van der Waals surface area contributed by atoms with Crippen molar-refractivity contribution in [3.05, 3.63) is 66.7 Å². The van der Waals surface area contributed by atoms with Crippen molar-refractivity contribution < 1.29 is 13.2 Å². The highest BCUT2D eigenvalue weighted by Crippen LogP contribution is 2.31. The molecule has 0 saturated carbocycles. The summed E-state index contributed by atoms with van der Waals surface area (Å²) < 4.78 is 27.8. The molecule has 0 radical (unpaired) electrons. The Labute approximate surface area is 154 Å². The standard InChI is InChI=1S/C20H22N2O3S/c1-3-13-22(18-9-5-4-6-10-18)26(24,25)19-11-12-20-17(15-19)8-7-14-21(20)16(2)23/h3-6,9-12,15H,1,7-8,13-14H2,2H3. The van der Waals surface area contributed by atoms with Crippen LogP contribution < -0.4 is 9.21 Å². The topological polar surface area (TPSA) is 57.7 Å². The molecule has 0 unspecified atom stereocenters. The summed E-state index contributed by atoms with van der Waals surface area (Å²) in [6.07, 6.45) is 3.15. The number of benzene rings is 2. The van der Waals surface area contributed by atoms with E-state index in [1.165, 1.54) is 11.2 Å². The van der Waals surface area contributed by atoms with Gasteiger partial charge < -0.3 is 4.90 Å². The summed E-state index contributed by atoms with van der Waals surface area (Å²) >= 11 is 0. The normalized spacial score (nSPS) is 13.8. The van der Waals surface area contributed by atoms with Gasteiger partial charge in [-0.2, -0.15) is 0 Å². The van der Waals surface area contributed by atoms with Crippen LogP contribution in [-0.2, 0) is 21.2 Å². The number of anilines is 2. The van der Waals surface area contributed by atoms with Gasteiger partial charge in [-0.15, -0.1) is 6.58 Å². The Hall–Kier alpha value is -2.60. The highest BCUT2D eigenvalue weighted by atomic mass is 32.2. The van der Waals surface area contributed by atoms with E-state index in [2.05, 4.69) is 6.58 Å². The van der Waals surface area contributed by atoms with Gasteiger partial charge >= 0.3 is 0 Å². The SMILES string of the molecule is C=CCN(c1ccccc1)S(=O)(=O)c1ccc2c(c1)CCCN2C(C)=O. The van der Waals surface area contributed by atoms with Crippen LogP contribution in [0.2, 0.25) is 0 Å². The van der Waals surface area contributed by atoms with Crippen LogP contribution in [0, 0.1) is 0 Å². The first-order chi connectivity index (χ1) is 12.4. The lowest BCUT2D eigenvalue weighted by atomic mass is 10.0. The van der Waals surface area contributed by atoms with Crippen molar-refractivity contribution >= 4 is 27.3 Å². The van der Waals surface area contributed by atoms with Crippen LogP contribution in [0.4, 0.5) is 11.4 Å². The van der Waals surface area contributed by atoms with Crippen LogP contribution in [-0.4, -0.2) is 27.4 Å². The molecule has 0 aromatic heterocycles. The average molecular weight is 370 g/mol. The molecule has 0 fully saturated rings. The summed E-state index contributed by atoms with van der Waals surface area (Å²) in [6.45, 7) is 6.06. The third-order valence-corrected chi connectivity index (χ3v) is 6.27. The number of para-hydroxylation sites is 1. The Kier molecular flexibility index (Phi) is 5.13. The van der Waals surface area contributed by atoms with Gasteiger partial charge in [-0.05, 0) is 48.7 Å². The van der Waals surface area contributed by atoms with Gasteiger partial charge in [0.15, 0.2) is 0 Å². The van der Waals surface area contributed by atoms with Gasteiger partial charge in [-0.1, -0.05) is 24.3 Å². The molecule has 2 aromatic carbocycles. The first-order valence-corrected chi connectivity index (χ1v) is 9.99. The number of hydrogen-bond acceptors (Lipinski definition) is 3. The van der Waals surface area contributed by atoms with Crippen LogP contribution in [0.1, 0.15) is 18.9 Å². The molecule has 6 heteroatoms. The Morgan fingerprint density at radius 3 is 2.62 bits per heavy atom. The molecule has 1 aliphatic heterocycles. The minimum absolute atomic E-state index is 0.0286. The molecular weight excluding hydrogens is 348 g/mol. The van der Waals surface area contributed by atoms with Crippen molar-refractivity contribution in [2.45, 2.75) is 24.7 Å². The van der Waals surface area contributed by atoms with E-state index in [-0.39, 0.29) is 17.3 Å². The Morgan fingerprint density at radius 2 is 1.96 bits per heavy atom. The van der Waals surface area contributed by atoms with E-state index in [9.17, 15) is 13.2 Å². The lowest BCUT2D eigenvalue weighted by Crippen LogP contribution is -2.34. The van der Waals surface area contributed by atoms with Crippen molar-refractivity contribution in [2.75, 3.05) is 22.3 Å². The number of carbonyl (C=O) groups is 1. The van der Waals surface area contributed by atoms with Crippen molar-refractivity contribution in [2.24, 2.45) is 0 Å². The fourth-order valence-corrected chi connectivity index (χ4v) is 4.73. The number of fused-ring (bicyclic) bond motifs is 1. The van der Waals surface area contributed by atoms with Gasteiger partial charge in [0.2, 0.25) is 5.91 Å². The van der Waals surface area contributed by atoms with Crippen molar-refractivity contribution in [1.82, 2.24) is 0 Å². The largest absolute Gasteiger partial charge is 0.312 e. The molecule has 1 heterocycles. The molecule has 5 nitrogen and oxygen atoms in total. The third-order valence-electron chi connectivity index (χ3n) is 4.48. The molecule has 3 rings (SSSR count). The molecule has 136 valence electrons. The molecule has 0 bridgehead atoms. The fourth-order valence-electron chi connectivity index (χ4n) is 3.24. The summed E-state index contributed by atoms with van der Waals surface area (Å²) in [5.74, 6) is -0.0286. The van der Waals surface area contributed by atoms with Crippen LogP contribution in [0.25, 0.3) is 0 Å². The first-order valence-electron chi connectivity index (χ1n) is 8.55. The van der Waals surface area contributed by atoms with Gasteiger partial charge in [-0.3, -0.25) is 9.10 Å². The second-order valence-corrected chi connectivity index (χ2v) is 8.09. The van der Waals surface area contributed by atoms with E-state index >= 15 is 0 Å². The number of amides is 1. The first kappa shape index (κ1) is 18.2. The summed E-state index contributed by atoms with van der Waals surface area (Å²) in [7, 11) is -3.73. The zero-order valence-corrected chi connectivity index (χ0v) is 15.6. The van der Waals surface area contributed by atoms with Gasteiger partial charge in [0.25, 0.3) is 10.0 Å². The number of hydrogen-bond donors (Lipinski definition) is 0. The fraction of sp³-hybridized carbons (Fsp3) is 0.250. The van der Waals surface area contributed by atoms with Gasteiger partial charge in [-0.25, -0.2) is 8.42 Å². The Morgan fingerprint density at radius 1 is 1.23 bits per heavy atom. The smallest absolute Gasteiger partial charge is 0.264 e. The Bertz CT molecular complexity index is 923. The molecular formula is C20H22N2O3S. The van der Waals surface area contributed by atoms with E-state index in [0.717, 1.165) is 24.1 Å². The molecule has 0 atom stereocenters. The van der Waals surface area contributed by atoms with Gasteiger partial charge in [0.1, 0.15) is 0 Å². The van der Waals surface area contributed by atoms with E-state index in [4.69, 9.17) is 0 Å². The van der Waals surface area contributed by atoms with E-state index in [1.807, 2.05) is 6.07 Å². The number of aryl methyl sites for hydroxylation is 1. The van der Waals surface area contributed by atoms with Crippen LogP contribution >= 0.6 is 0 Å². The van der Waals surface area contributed by atoms with Crippen LogP contribution in [0.5, 0.6) is 0 Å². The monoisotopic (exact) mass is 370 g/mol. The van der Waals surface area contributed by atoms with E-state index < -0.39 is 10.0 Å². The zero-order chi connectivity index (χ0) is 18.7. The quantitative estimate of drug-likeness (QED) is 0.758. The molecule has 1 aliphatic rings. The summed E-state index contributed by atoms with van der Waals surface area (Å²) in [5.41, 5.74) is 2.28. The number of nitrogens with zero attached hydrogens (tertiary/aromatic N) is 2. The van der Waals surface area contributed by atoms with E-state index in [1.54, 1.807) is 53.4 Å². The van der Waals surface area contributed by atoms with Crippen LogP contribution in [0.3, 0.4) is 0 Å². The second-order valence-electron chi connectivity index (χ2n) is 6.23. The minimum Gasteiger partial charge on any atom is -0.312 e. The van der Waals surface area contributed by atoms with E-state index in [0.29, 0.717) is 12.2 Å². The predicted octanol–water partition coefficient (Wildman–Crippen LogP) is 3.37. The van der Waals surface area contributed by atoms with Crippen molar-refractivity contribution in [3.8, 4) is 0 Å². The predicted molar refractivity (Wildman–Crippen MR) is 104 cm³/mol. The molecule has 0 aliphatic carbocycles. The number of carbonyl (C=O) groups excluding carboxylic acids is 1. The maximum Gasteiger partial charge on any atom is 0.264 e. The molecule has 0 spiro atoms. The highest BCUT2D eigenvalue weighted by Gasteiger charge is 2.27. The third kappa shape index (κ3) is 3.37. The molecule has 0 N–H and O–H groups in total. The maximum absolute atomic E-state index is 13.2. The minimum atomic E-state index is -3.73. The number of sulfonamides is 1. The second kappa shape index (κ2) is 7.33. The zero-order valence-electron chi connectivity index (χ0n) is 14.8. The van der Waals surface area contributed by atoms with Gasteiger partial charge in [0.05, 0.1) is 17.1 Å². The molecule has 0 saturated heterocycles. The van der Waals surface area contributed by atoms with Crippen molar-refractivity contribution in [3.63, 3.8) is 0 Å². The summed E-state index contributed by atoms with van der Waals surface area (Å²) in [5, 5.41) is 0. The van der Waals surface area contributed by atoms with Crippen LogP contribution in [0.15, 0.2) is 66.1 Å². The summed E-state index contributed by atoms with van der Waals surface area (Å²) in [6, 6.07) is 14.0. The Balaban J connectivity index is 2.04. The highest BCUT2D eigenvalue weighted by molar-refractivity contribution is 7.92. The number of rotatable bonds is 5. The summed E-state index contributed by atoms with van der Waals surface area (Å²) in [4.78, 5) is 13.7. The molecule has 2 aromatic rings. The lowest BCUT2D eigenvalue weighted by molar-refractivity contribution is -0.116. The average Bonchev–Trinajstić information content (AvgIpc) is 2.65. The molecule has 26 heavy (non-hydrogen) atoms.